The first-order valence-corrected chi connectivity index (χ1v) is 7.55. The third kappa shape index (κ3) is 2.79. The minimum atomic E-state index is 0.118. The van der Waals surface area contributed by atoms with Crippen LogP contribution in [0.4, 0.5) is 11.5 Å². The van der Waals surface area contributed by atoms with Gasteiger partial charge in [-0.15, -0.1) is 0 Å². The number of aromatic nitrogens is 1. The van der Waals surface area contributed by atoms with E-state index in [1.807, 2.05) is 31.1 Å². The molecule has 3 unspecified atom stereocenters. The number of amides is 1. The van der Waals surface area contributed by atoms with Gasteiger partial charge in [-0.25, -0.2) is 4.98 Å². The standard InChI is InChI=1S/C16H23N3O/c1-19(2)14-5-6-15(17-10-14)18-16(20)9-13-8-11-3-4-12(13)7-11/h5-6,10-13H,3-4,7-9H2,1-2H3,(H,17,18,20). The fourth-order valence-corrected chi connectivity index (χ4v) is 3.78. The Labute approximate surface area is 120 Å². The number of nitrogens with one attached hydrogen (secondary N) is 1. The summed E-state index contributed by atoms with van der Waals surface area (Å²) in [6.07, 6.45) is 7.78. The van der Waals surface area contributed by atoms with E-state index in [1.165, 1.54) is 25.7 Å². The maximum atomic E-state index is 12.1. The van der Waals surface area contributed by atoms with E-state index in [9.17, 15) is 4.79 Å². The molecule has 1 aromatic heterocycles. The molecule has 2 aliphatic rings. The number of fused-ring (bicyclic) bond motifs is 2. The maximum absolute atomic E-state index is 12.1. The average Bonchev–Trinajstić information content (AvgIpc) is 3.01. The molecule has 2 saturated carbocycles. The van der Waals surface area contributed by atoms with Crippen molar-refractivity contribution in [1.82, 2.24) is 4.98 Å². The minimum absolute atomic E-state index is 0.118. The molecule has 4 nitrogen and oxygen atoms in total. The SMILES string of the molecule is CN(C)c1ccc(NC(=O)CC2CC3CCC2C3)nc1. The van der Waals surface area contributed by atoms with E-state index in [0.29, 0.717) is 18.2 Å². The lowest BCUT2D eigenvalue weighted by atomic mass is 9.86. The van der Waals surface area contributed by atoms with Gasteiger partial charge in [-0.3, -0.25) is 4.79 Å². The van der Waals surface area contributed by atoms with Gasteiger partial charge in [0, 0.05) is 20.5 Å². The lowest BCUT2D eigenvalue weighted by Gasteiger charge is -2.20. The summed E-state index contributed by atoms with van der Waals surface area (Å²) in [5.74, 6) is 3.08. The first-order chi connectivity index (χ1) is 9.61. The average molecular weight is 273 g/mol. The van der Waals surface area contributed by atoms with Gasteiger partial charge in [0.25, 0.3) is 0 Å². The van der Waals surface area contributed by atoms with Crippen LogP contribution in [0.1, 0.15) is 32.1 Å². The number of hydrogen-bond donors (Lipinski definition) is 1. The normalized spacial score (nSPS) is 27.6. The molecule has 20 heavy (non-hydrogen) atoms. The van der Waals surface area contributed by atoms with Gasteiger partial charge >= 0.3 is 0 Å². The van der Waals surface area contributed by atoms with E-state index in [-0.39, 0.29) is 5.91 Å². The van der Waals surface area contributed by atoms with Crippen LogP contribution in [0.3, 0.4) is 0 Å². The first kappa shape index (κ1) is 13.4. The fraction of sp³-hybridized carbons (Fsp3) is 0.625. The van der Waals surface area contributed by atoms with Gasteiger partial charge in [0.2, 0.25) is 5.91 Å². The smallest absolute Gasteiger partial charge is 0.225 e. The maximum Gasteiger partial charge on any atom is 0.225 e. The molecule has 3 atom stereocenters. The van der Waals surface area contributed by atoms with Crippen molar-refractivity contribution in [3.05, 3.63) is 18.3 Å². The molecular weight excluding hydrogens is 250 g/mol. The number of hydrogen-bond acceptors (Lipinski definition) is 3. The van der Waals surface area contributed by atoms with Crippen LogP contribution in [0.2, 0.25) is 0 Å². The molecule has 0 aliphatic heterocycles. The van der Waals surface area contributed by atoms with Gasteiger partial charge in [0.1, 0.15) is 5.82 Å². The molecule has 108 valence electrons. The third-order valence-electron chi connectivity index (χ3n) is 4.86. The van der Waals surface area contributed by atoms with Crippen LogP contribution in [0.25, 0.3) is 0 Å². The number of rotatable bonds is 4. The number of carbonyl (C=O) groups is 1. The Kier molecular flexibility index (Phi) is 3.64. The second-order valence-electron chi connectivity index (χ2n) is 6.48. The topological polar surface area (TPSA) is 45.2 Å². The fourth-order valence-electron chi connectivity index (χ4n) is 3.78. The Morgan fingerprint density at radius 3 is 2.75 bits per heavy atom. The van der Waals surface area contributed by atoms with Gasteiger partial charge in [-0.1, -0.05) is 6.42 Å². The van der Waals surface area contributed by atoms with E-state index in [2.05, 4.69) is 10.3 Å². The van der Waals surface area contributed by atoms with Crippen molar-refractivity contribution in [2.75, 3.05) is 24.3 Å². The number of pyridine rings is 1. The van der Waals surface area contributed by atoms with Gasteiger partial charge in [-0.05, 0) is 49.1 Å². The molecule has 2 aliphatic carbocycles. The van der Waals surface area contributed by atoms with Crippen LogP contribution < -0.4 is 10.2 Å². The van der Waals surface area contributed by atoms with Crippen molar-refractivity contribution in [2.24, 2.45) is 17.8 Å². The summed E-state index contributed by atoms with van der Waals surface area (Å²) in [4.78, 5) is 18.4. The molecule has 2 bridgehead atoms. The number of carbonyl (C=O) groups excluding carboxylic acids is 1. The van der Waals surface area contributed by atoms with Crippen molar-refractivity contribution in [2.45, 2.75) is 32.1 Å². The second kappa shape index (κ2) is 5.43. The molecule has 1 N–H and O–H groups in total. The molecule has 1 amide bonds. The lowest BCUT2D eigenvalue weighted by molar-refractivity contribution is -0.117. The summed E-state index contributed by atoms with van der Waals surface area (Å²) < 4.78 is 0. The summed E-state index contributed by atoms with van der Waals surface area (Å²) in [5.41, 5.74) is 1.04. The van der Waals surface area contributed by atoms with Gasteiger partial charge < -0.3 is 10.2 Å². The number of nitrogens with zero attached hydrogens (tertiary/aromatic N) is 2. The molecule has 2 fully saturated rings. The van der Waals surface area contributed by atoms with Crippen LogP contribution in [0.15, 0.2) is 18.3 Å². The van der Waals surface area contributed by atoms with Gasteiger partial charge in [-0.2, -0.15) is 0 Å². The Morgan fingerprint density at radius 2 is 2.20 bits per heavy atom. The minimum Gasteiger partial charge on any atom is -0.376 e. The quantitative estimate of drug-likeness (QED) is 0.917. The molecule has 0 spiro atoms. The zero-order valence-electron chi connectivity index (χ0n) is 12.3. The molecule has 0 saturated heterocycles. The highest BCUT2D eigenvalue weighted by atomic mass is 16.1. The molecule has 1 heterocycles. The van der Waals surface area contributed by atoms with Crippen molar-refractivity contribution in [3.63, 3.8) is 0 Å². The molecular formula is C16H23N3O. The third-order valence-corrected chi connectivity index (χ3v) is 4.86. The van der Waals surface area contributed by atoms with Crippen LogP contribution in [-0.2, 0) is 4.79 Å². The van der Waals surface area contributed by atoms with E-state index in [0.717, 1.165) is 17.5 Å². The van der Waals surface area contributed by atoms with E-state index in [1.54, 1.807) is 6.20 Å². The highest BCUT2D eigenvalue weighted by molar-refractivity contribution is 5.90. The van der Waals surface area contributed by atoms with Gasteiger partial charge in [0.05, 0.1) is 11.9 Å². The zero-order valence-corrected chi connectivity index (χ0v) is 12.3. The Bertz CT molecular complexity index is 483. The molecule has 4 heteroatoms. The van der Waals surface area contributed by atoms with Crippen molar-refractivity contribution in [1.29, 1.82) is 0 Å². The summed E-state index contributed by atoms with van der Waals surface area (Å²) in [6.45, 7) is 0. The summed E-state index contributed by atoms with van der Waals surface area (Å²) in [6, 6.07) is 3.84. The van der Waals surface area contributed by atoms with Crippen LogP contribution in [-0.4, -0.2) is 25.0 Å². The van der Waals surface area contributed by atoms with Gasteiger partial charge in [0.15, 0.2) is 0 Å². The largest absolute Gasteiger partial charge is 0.376 e. The summed E-state index contributed by atoms with van der Waals surface area (Å²) in [5, 5.41) is 2.93. The monoisotopic (exact) mass is 273 g/mol. The van der Waals surface area contributed by atoms with Crippen LogP contribution >= 0.6 is 0 Å². The summed E-state index contributed by atoms with van der Waals surface area (Å²) >= 11 is 0. The molecule has 0 aromatic carbocycles. The molecule has 3 rings (SSSR count). The predicted octanol–water partition coefficient (Wildman–Crippen LogP) is 2.91. The Hall–Kier alpha value is -1.58. The Balaban J connectivity index is 1.53. The van der Waals surface area contributed by atoms with E-state index in [4.69, 9.17) is 0 Å². The van der Waals surface area contributed by atoms with Crippen molar-refractivity contribution < 1.29 is 4.79 Å². The highest BCUT2D eigenvalue weighted by Gasteiger charge is 2.40. The van der Waals surface area contributed by atoms with Crippen LogP contribution in [0.5, 0.6) is 0 Å². The van der Waals surface area contributed by atoms with Crippen molar-refractivity contribution in [3.8, 4) is 0 Å². The zero-order chi connectivity index (χ0) is 14.1. The highest BCUT2D eigenvalue weighted by Crippen LogP contribution is 2.49. The Morgan fingerprint density at radius 1 is 1.35 bits per heavy atom. The van der Waals surface area contributed by atoms with Crippen molar-refractivity contribution >= 4 is 17.4 Å². The lowest BCUT2D eigenvalue weighted by Crippen LogP contribution is -2.20. The molecule has 0 radical (unpaired) electrons. The molecule has 1 aromatic rings. The van der Waals surface area contributed by atoms with E-state index >= 15 is 0 Å². The first-order valence-electron chi connectivity index (χ1n) is 7.55. The number of anilines is 2. The predicted molar refractivity (Wildman–Crippen MR) is 80.7 cm³/mol. The second-order valence-corrected chi connectivity index (χ2v) is 6.48. The van der Waals surface area contributed by atoms with E-state index < -0.39 is 0 Å². The van der Waals surface area contributed by atoms with Crippen LogP contribution in [0, 0.1) is 17.8 Å². The summed E-state index contributed by atoms with van der Waals surface area (Å²) in [7, 11) is 3.95.